The van der Waals surface area contributed by atoms with Crippen LogP contribution in [0.2, 0.25) is 0 Å². The SMILES string of the molecule is Cc1cc(C(=O)N2CCCC[C@H]2c2nncn2Cc2ccccc2)n[nH]1. The highest BCUT2D eigenvalue weighted by Crippen LogP contribution is 2.31. The highest BCUT2D eigenvalue weighted by Gasteiger charge is 2.32. The zero-order chi connectivity index (χ0) is 17.9. The molecule has 1 N–H and O–H groups in total. The summed E-state index contributed by atoms with van der Waals surface area (Å²) >= 11 is 0. The van der Waals surface area contributed by atoms with E-state index < -0.39 is 0 Å². The molecular weight excluding hydrogens is 328 g/mol. The topological polar surface area (TPSA) is 79.7 Å². The molecule has 3 aromatic rings. The third-order valence-corrected chi connectivity index (χ3v) is 4.83. The van der Waals surface area contributed by atoms with Gasteiger partial charge in [0, 0.05) is 12.2 Å². The van der Waals surface area contributed by atoms with E-state index in [0.29, 0.717) is 18.8 Å². The normalized spacial score (nSPS) is 17.4. The Kier molecular flexibility index (Phi) is 4.51. The Hall–Kier alpha value is -2.96. The molecule has 0 radical (unpaired) electrons. The lowest BCUT2D eigenvalue weighted by atomic mass is 10.0. The summed E-state index contributed by atoms with van der Waals surface area (Å²) < 4.78 is 2.04. The summed E-state index contributed by atoms with van der Waals surface area (Å²) in [6.07, 6.45) is 4.71. The molecule has 1 aromatic carbocycles. The number of hydrogen-bond acceptors (Lipinski definition) is 4. The van der Waals surface area contributed by atoms with E-state index in [1.807, 2.05) is 34.6 Å². The summed E-state index contributed by atoms with van der Waals surface area (Å²) in [5.74, 6) is 0.794. The number of rotatable bonds is 4. The zero-order valence-corrected chi connectivity index (χ0v) is 14.8. The predicted molar refractivity (Wildman–Crippen MR) is 96.5 cm³/mol. The second-order valence-corrected chi connectivity index (χ2v) is 6.75. The maximum atomic E-state index is 13.0. The molecule has 0 aliphatic carbocycles. The van der Waals surface area contributed by atoms with Gasteiger partial charge in [0.2, 0.25) is 0 Å². The average molecular weight is 350 g/mol. The van der Waals surface area contributed by atoms with E-state index >= 15 is 0 Å². The number of benzene rings is 1. The molecule has 7 heteroatoms. The standard InChI is InChI=1S/C19H22N6O/c1-14-11-16(22-21-14)19(26)25-10-6-5-9-17(25)18-23-20-13-24(18)12-15-7-3-2-4-8-15/h2-4,7-8,11,13,17H,5-6,9-10,12H2,1H3,(H,21,22)/t17-/m0/s1. The predicted octanol–water partition coefficient (Wildman–Crippen LogP) is 2.73. The van der Waals surface area contributed by atoms with Crippen LogP contribution in [0.1, 0.15) is 52.9 Å². The molecule has 1 aliphatic rings. The van der Waals surface area contributed by atoms with Crippen LogP contribution in [-0.2, 0) is 6.54 Å². The fourth-order valence-electron chi connectivity index (χ4n) is 3.54. The van der Waals surface area contributed by atoms with Gasteiger partial charge < -0.3 is 9.47 Å². The van der Waals surface area contributed by atoms with Gasteiger partial charge in [0.1, 0.15) is 12.0 Å². The summed E-state index contributed by atoms with van der Waals surface area (Å²) in [7, 11) is 0. The lowest BCUT2D eigenvalue weighted by Crippen LogP contribution is -2.40. The molecule has 0 spiro atoms. The molecule has 0 bridgehead atoms. The van der Waals surface area contributed by atoms with Crippen molar-refractivity contribution in [3.63, 3.8) is 0 Å². The van der Waals surface area contributed by atoms with Crippen molar-refractivity contribution in [2.24, 2.45) is 0 Å². The van der Waals surface area contributed by atoms with Crippen LogP contribution < -0.4 is 0 Å². The molecule has 4 rings (SSSR count). The fraction of sp³-hybridized carbons (Fsp3) is 0.368. The highest BCUT2D eigenvalue weighted by molar-refractivity contribution is 5.92. The minimum absolute atomic E-state index is 0.0479. The number of piperidine rings is 1. The Labute approximate surface area is 152 Å². The molecule has 1 aliphatic heterocycles. The molecule has 1 fully saturated rings. The first-order valence-corrected chi connectivity index (χ1v) is 8.97. The number of hydrogen-bond donors (Lipinski definition) is 1. The van der Waals surface area contributed by atoms with Gasteiger partial charge in [0.25, 0.3) is 5.91 Å². The van der Waals surface area contributed by atoms with Gasteiger partial charge in [-0.15, -0.1) is 10.2 Å². The van der Waals surface area contributed by atoms with Crippen molar-refractivity contribution < 1.29 is 4.79 Å². The van der Waals surface area contributed by atoms with Crippen LogP contribution in [0.5, 0.6) is 0 Å². The smallest absolute Gasteiger partial charge is 0.274 e. The van der Waals surface area contributed by atoms with E-state index in [1.165, 1.54) is 5.56 Å². The summed E-state index contributed by atoms with van der Waals surface area (Å²) in [6, 6.07) is 11.9. The number of carbonyl (C=O) groups excluding carboxylic acids is 1. The molecule has 134 valence electrons. The fourth-order valence-corrected chi connectivity index (χ4v) is 3.54. The Balaban J connectivity index is 1.61. The van der Waals surface area contributed by atoms with Gasteiger partial charge in [-0.25, -0.2) is 0 Å². The lowest BCUT2D eigenvalue weighted by Gasteiger charge is -2.34. The van der Waals surface area contributed by atoms with E-state index in [-0.39, 0.29) is 11.9 Å². The number of aryl methyl sites for hydroxylation is 1. The summed E-state index contributed by atoms with van der Waals surface area (Å²) in [5, 5.41) is 15.5. The quantitative estimate of drug-likeness (QED) is 0.784. The van der Waals surface area contributed by atoms with Crippen molar-refractivity contribution >= 4 is 5.91 Å². The number of aromatic amines is 1. The van der Waals surface area contributed by atoms with E-state index in [9.17, 15) is 4.79 Å². The van der Waals surface area contributed by atoms with Crippen molar-refractivity contribution in [3.05, 3.63) is 65.5 Å². The molecule has 1 atom stereocenters. The zero-order valence-electron chi connectivity index (χ0n) is 14.8. The van der Waals surface area contributed by atoms with Crippen molar-refractivity contribution in [1.82, 2.24) is 29.9 Å². The number of nitrogens with one attached hydrogen (secondary N) is 1. The Morgan fingerprint density at radius 3 is 2.88 bits per heavy atom. The van der Waals surface area contributed by atoms with Gasteiger partial charge in [0.05, 0.1) is 12.6 Å². The Morgan fingerprint density at radius 1 is 1.27 bits per heavy atom. The van der Waals surface area contributed by atoms with Gasteiger partial charge in [-0.05, 0) is 37.8 Å². The van der Waals surface area contributed by atoms with Crippen molar-refractivity contribution in [2.45, 2.75) is 38.8 Å². The number of H-pyrrole nitrogens is 1. The summed E-state index contributed by atoms with van der Waals surface area (Å²) in [4.78, 5) is 14.9. The third kappa shape index (κ3) is 3.24. The van der Waals surface area contributed by atoms with Crippen LogP contribution in [0.15, 0.2) is 42.7 Å². The average Bonchev–Trinajstić information content (AvgIpc) is 3.31. The van der Waals surface area contributed by atoms with Gasteiger partial charge >= 0.3 is 0 Å². The molecule has 0 saturated carbocycles. The number of carbonyl (C=O) groups is 1. The van der Waals surface area contributed by atoms with Crippen molar-refractivity contribution in [2.75, 3.05) is 6.54 Å². The monoisotopic (exact) mass is 350 g/mol. The van der Waals surface area contributed by atoms with Gasteiger partial charge in [-0.3, -0.25) is 9.89 Å². The Bertz CT molecular complexity index is 884. The van der Waals surface area contributed by atoms with Crippen LogP contribution in [0.3, 0.4) is 0 Å². The first kappa shape index (κ1) is 16.5. The number of aromatic nitrogens is 5. The number of nitrogens with zero attached hydrogens (tertiary/aromatic N) is 5. The second-order valence-electron chi connectivity index (χ2n) is 6.75. The molecule has 0 unspecified atom stereocenters. The largest absolute Gasteiger partial charge is 0.327 e. The van der Waals surface area contributed by atoms with Crippen LogP contribution in [0.25, 0.3) is 0 Å². The van der Waals surface area contributed by atoms with Crippen LogP contribution in [0, 0.1) is 6.92 Å². The van der Waals surface area contributed by atoms with E-state index in [4.69, 9.17) is 0 Å². The van der Waals surface area contributed by atoms with Crippen LogP contribution >= 0.6 is 0 Å². The van der Waals surface area contributed by atoms with Gasteiger partial charge in [0.15, 0.2) is 5.82 Å². The maximum absolute atomic E-state index is 13.0. The molecule has 1 amide bonds. The number of likely N-dealkylation sites (tertiary alicyclic amines) is 1. The number of amides is 1. The molecule has 1 saturated heterocycles. The second kappa shape index (κ2) is 7.11. The third-order valence-electron chi connectivity index (χ3n) is 4.83. The lowest BCUT2D eigenvalue weighted by molar-refractivity contribution is 0.0589. The summed E-state index contributed by atoms with van der Waals surface area (Å²) in [5.41, 5.74) is 2.53. The van der Waals surface area contributed by atoms with Gasteiger partial charge in [-0.2, -0.15) is 5.10 Å². The van der Waals surface area contributed by atoms with Crippen molar-refractivity contribution in [1.29, 1.82) is 0 Å². The first-order chi connectivity index (χ1) is 12.7. The summed E-state index contributed by atoms with van der Waals surface area (Å²) in [6.45, 7) is 3.31. The maximum Gasteiger partial charge on any atom is 0.274 e. The first-order valence-electron chi connectivity index (χ1n) is 8.97. The van der Waals surface area contributed by atoms with E-state index in [1.54, 1.807) is 12.4 Å². The molecule has 7 nitrogen and oxygen atoms in total. The van der Waals surface area contributed by atoms with Crippen LogP contribution in [-0.4, -0.2) is 42.3 Å². The molecule has 26 heavy (non-hydrogen) atoms. The Morgan fingerprint density at radius 2 is 2.12 bits per heavy atom. The molecule has 3 heterocycles. The minimum atomic E-state index is -0.0699. The minimum Gasteiger partial charge on any atom is -0.327 e. The van der Waals surface area contributed by atoms with E-state index in [2.05, 4.69) is 32.5 Å². The molecular formula is C19H22N6O. The van der Waals surface area contributed by atoms with Crippen molar-refractivity contribution in [3.8, 4) is 0 Å². The molecule has 2 aromatic heterocycles. The highest BCUT2D eigenvalue weighted by atomic mass is 16.2. The van der Waals surface area contributed by atoms with Gasteiger partial charge in [-0.1, -0.05) is 30.3 Å². The van der Waals surface area contributed by atoms with Crippen LogP contribution in [0.4, 0.5) is 0 Å². The van der Waals surface area contributed by atoms with E-state index in [0.717, 1.165) is 30.8 Å².